The van der Waals surface area contributed by atoms with Crippen molar-refractivity contribution in [3.05, 3.63) is 23.8 Å². The minimum absolute atomic E-state index is 0.0523. The summed E-state index contributed by atoms with van der Waals surface area (Å²) in [5.74, 6) is -1.82. The van der Waals surface area contributed by atoms with Crippen molar-refractivity contribution < 1.29 is 24.2 Å². The van der Waals surface area contributed by atoms with E-state index >= 15 is 0 Å². The Bertz CT molecular complexity index is 641. The molecule has 1 aliphatic rings. The Morgan fingerprint density at radius 3 is 2.70 bits per heavy atom. The van der Waals surface area contributed by atoms with Crippen molar-refractivity contribution in [2.24, 2.45) is 5.92 Å². The highest BCUT2D eigenvalue weighted by Crippen LogP contribution is 2.32. The second kappa shape index (κ2) is 6.68. The average Bonchev–Trinajstić information content (AvgIpc) is 2.44. The van der Waals surface area contributed by atoms with E-state index < -0.39 is 23.9 Å². The molecule has 1 unspecified atom stereocenters. The van der Waals surface area contributed by atoms with Gasteiger partial charge in [-0.2, -0.15) is 0 Å². The van der Waals surface area contributed by atoms with Crippen LogP contribution < -0.4 is 15.0 Å². The van der Waals surface area contributed by atoms with E-state index in [0.717, 1.165) is 5.56 Å². The molecule has 1 heterocycles. The number of esters is 1. The summed E-state index contributed by atoms with van der Waals surface area (Å²) in [5.41, 5.74) is 1.62. The maximum atomic E-state index is 12.2. The van der Waals surface area contributed by atoms with Crippen molar-refractivity contribution in [3.8, 4) is 5.75 Å². The SMILES string of the molecule is Cc1ccc2c(c1)N(CC(=O)NC(C(=O)O)C(C)C)CC(=O)O2. The number of carbonyl (C=O) groups excluding carboxylic acids is 2. The molecule has 7 nitrogen and oxygen atoms in total. The normalized spacial score (nSPS) is 15.0. The van der Waals surface area contributed by atoms with Crippen LogP contribution in [0.1, 0.15) is 19.4 Å². The van der Waals surface area contributed by atoms with Gasteiger partial charge in [-0.25, -0.2) is 9.59 Å². The first-order valence-corrected chi connectivity index (χ1v) is 7.36. The maximum Gasteiger partial charge on any atom is 0.331 e. The van der Waals surface area contributed by atoms with Crippen LogP contribution in [0.5, 0.6) is 5.75 Å². The molecule has 1 aliphatic heterocycles. The lowest BCUT2D eigenvalue weighted by molar-refractivity contribution is -0.143. The van der Waals surface area contributed by atoms with E-state index in [0.29, 0.717) is 11.4 Å². The van der Waals surface area contributed by atoms with E-state index in [-0.39, 0.29) is 19.0 Å². The van der Waals surface area contributed by atoms with E-state index in [1.54, 1.807) is 24.8 Å². The molecule has 2 N–H and O–H groups in total. The largest absolute Gasteiger partial charge is 0.480 e. The number of carboxylic acids is 1. The Hall–Kier alpha value is -2.57. The molecule has 1 amide bonds. The number of ether oxygens (including phenoxy) is 1. The van der Waals surface area contributed by atoms with Crippen molar-refractivity contribution in [2.75, 3.05) is 18.0 Å². The van der Waals surface area contributed by atoms with Crippen LogP contribution in [0, 0.1) is 12.8 Å². The number of fused-ring (bicyclic) bond motifs is 1. The predicted molar refractivity (Wildman–Crippen MR) is 83.4 cm³/mol. The van der Waals surface area contributed by atoms with Gasteiger partial charge in [0.1, 0.15) is 12.6 Å². The van der Waals surface area contributed by atoms with Gasteiger partial charge in [-0.1, -0.05) is 19.9 Å². The summed E-state index contributed by atoms with van der Waals surface area (Å²) in [6.07, 6.45) is 0. The number of amides is 1. The Morgan fingerprint density at radius 1 is 1.39 bits per heavy atom. The van der Waals surface area contributed by atoms with Crippen molar-refractivity contribution in [1.82, 2.24) is 5.32 Å². The highest BCUT2D eigenvalue weighted by atomic mass is 16.5. The van der Waals surface area contributed by atoms with E-state index in [9.17, 15) is 14.4 Å². The molecule has 0 fully saturated rings. The summed E-state index contributed by atoms with van der Waals surface area (Å²) in [5, 5.41) is 11.6. The van der Waals surface area contributed by atoms with E-state index in [2.05, 4.69) is 5.32 Å². The highest BCUT2D eigenvalue weighted by Gasteiger charge is 2.28. The van der Waals surface area contributed by atoms with Gasteiger partial charge in [-0.15, -0.1) is 0 Å². The van der Waals surface area contributed by atoms with Crippen LogP contribution in [-0.2, 0) is 14.4 Å². The number of nitrogens with one attached hydrogen (secondary N) is 1. The summed E-state index contributed by atoms with van der Waals surface area (Å²) >= 11 is 0. The fourth-order valence-electron chi connectivity index (χ4n) is 2.40. The van der Waals surface area contributed by atoms with E-state index in [4.69, 9.17) is 9.84 Å². The molecule has 23 heavy (non-hydrogen) atoms. The molecule has 1 aromatic carbocycles. The third kappa shape index (κ3) is 4.00. The lowest BCUT2D eigenvalue weighted by Crippen LogP contribution is -2.49. The highest BCUT2D eigenvalue weighted by molar-refractivity contribution is 5.91. The molecular weight excluding hydrogens is 300 g/mol. The van der Waals surface area contributed by atoms with Crippen LogP contribution in [0.3, 0.4) is 0 Å². The summed E-state index contributed by atoms with van der Waals surface area (Å²) in [6.45, 7) is 5.17. The van der Waals surface area contributed by atoms with Crippen LogP contribution in [0.2, 0.25) is 0 Å². The topological polar surface area (TPSA) is 95.9 Å². The number of carboxylic acid groups (broad SMARTS) is 1. The number of aryl methyl sites for hydroxylation is 1. The van der Waals surface area contributed by atoms with Gasteiger partial charge in [0.2, 0.25) is 5.91 Å². The van der Waals surface area contributed by atoms with Crippen LogP contribution >= 0.6 is 0 Å². The number of anilines is 1. The quantitative estimate of drug-likeness (QED) is 0.619. The number of rotatable bonds is 5. The van der Waals surface area contributed by atoms with Crippen LogP contribution in [-0.4, -0.2) is 42.1 Å². The molecule has 1 aromatic rings. The number of hydrogen-bond donors (Lipinski definition) is 2. The summed E-state index contributed by atoms with van der Waals surface area (Å²) in [7, 11) is 0. The van der Waals surface area contributed by atoms with Gasteiger partial charge in [-0.3, -0.25) is 4.79 Å². The van der Waals surface area contributed by atoms with Crippen molar-refractivity contribution >= 4 is 23.5 Å². The first kappa shape index (κ1) is 16.8. The van der Waals surface area contributed by atoms with Crippen molar-refractivity contribution in [3.63, 3.8) is 0 Å². The molecule has 0 radical (unpaired) electrons. The van der Waals surface area contributed by atoms with Crippen molar-refractivity contribution in [2.45, 2.75) is 26.8 Å². The molecule has 124 valence electrons. The molecule has 0 spiro atoms. The fourth-order valence-corrected chi connectivity index (χ4v) is 2.40. The van der Waals surface area contributed by atoms with Gasteiger partial charge in [0, 0.05) is 0 Å². The lowest BCUT2D eigenvalue weighted by Gasteiger charge is -2.30. The number of carbonyl (C=O) groups is 3. The predicted octanol–water partition coefficient (Wildman–Crippen LogP) is 0.946. The summed E-state index contributed by atoms with van der Waals surface area (Å²) in [6, 6.07) is 4.36. The Kier molecular flexibility index (Phi) is 4.88. The fraction of sp³-hybridized carbons (Fsp3) is 0.438. The molecule has 7 heteroatoms. The molecule has 0 bridgehead atoms. The maximum absolute atomic E-state index is 12.2. The van der Waals surface area contributed by atoms with E-state index in [1.807, 2.05) is 19.1 Å². The second-order valence-corrected chi connectivity index (χ2v) is 5.93. The Balaban J connectivity index is 2.14. The summed E-state index contributed by atoms with van der Waals surface area (Å²) in [4.78, 5) is 36.6. The molecule has 0 aliphatic carbocycles. The second-order valence-electron chi connectivity index (χ2n) is 5.93. The van der Waals surface area contributed by atoms with Gasteiger partial charge in [0.05, 0.1) is 12.2 Å². The number of aliphatic carboxylic acids is 1. The molecule has 2 rings (SSSR count). The zero-order valence-electron chi connectivity index (χ0n) is 13.3. The van der Waals surface area contributed by atoms with E-state index in [1.165, 1.54) is 0 Å². The molecule has 0 saturated carbocycles. The number of benzene rings is 1. The third-order valence-corrected chi connectivity index (χ3v) is 3.58. The van der Waals surface area contributed by atoms with Crippen LogP contribution in [0.4, 0.5) is 5.69 Å². The Morgan fingerprint density at radius 2 is 2.09 bits per heavy atom. The average molecular weight is 320 g/mol. The Labute approximate surface area is 134 Å². The smallest absolute Gasteiger partial charge is 0.331 e. The summed E-state index contributed by atoms with van der Waals surface area (Å²) < 4.78 is 5.15. The third-order valence-electron chi connectivity index (χ3n) is 3.58. The number of nitrogens with zero attached hydrogens (tertiary/aromatic N) is 1. The van der Waals surface area contributed by atoms with Crippen LogP contribution in [0.25, 0.3) is 0 Å². The first-order chi connectivity index (χ1) is 10.8. The van der Waals surface area contributed by atoms with Gasteiger partial charge in [0.25, 0.3) is 0 Å². The first-order valence-electron chi connectivity index (χ1n) is 7.36. The minimum Gasteiger partial charge on any atom is -0.480 e. The standard InChI is InChI=1S/C16H20N2O5/c1-9(2)15(16(21)22)17-13(19)7-18-8-14(20)23-12-5-4-10(3)6-11(12)18/h4-6,9,15H,7-8H2,1-3H3,(H,17,19)(H,21,22). The lowest BCUT2D eigenvalue weighted by atomic mass is 10.0. The monoisotopic (exact) mass is 320 g/mol. The molecule has 0 saturated heterocycles. The number of hydrogen-bond acceptors (Lipinski definition) is 5. The zero-order valence-corrected chi connectivity index (χ0v) is 13.3. The molecule has 0 aromatic heterocycles. The molecular formula is C16H20N2O5. The van der Waals surface area contributed by atoms with Gasteiger partial charge in [-0.05, 0) is 30.5 Å². The van der Waals surface area contributed by atoms with Crippen LogP contribution in [0.15, 0.2) is 18.2 Å². The van der Waals surface area contributed by atoms with Gasteiger partial charge >= 0.3 is 11.9 Å². The minimum atomic E-state index is -1.08. The van der Waals surface area contributed by atoms with Gasteiger partial charge in [0.15, 0.2) is 5.75 Å². The van der Waals surface area contributed by atoms with Gasteiger partial charge < -0.3 is 20.1 Å². The zero-order chi connectivity index (χ0) is 17.1. The molecule has 1 atom stereocenters. The van der Waals surface area contributed by atoms with Crippen molar-refractivity contribution in [1.29, 1.82) is 0 Å².